The fraction of sp³-hybridized carbons (Fsp3) is 0.0714. The minimum atomic E-state index is -0.581. The predicted molar refractivity (Wildman–Crippen MR) is 77.2 cm³/mol. The molecule has 1 aromatic heterocycles. The molecule has 20 heavy (non-hydrogen) atoms. The van der Waals surface area contributed by atoms with E-state index in [0.29, 0.717) is 21.7 Å². The number of benzene rings is 1. The molecule has 0 saturated heterocycles. The van der Waals surface area contributed by atoms with Crippen LogP contribution in [0.2, 0.25) is 0 Å². The maximum Gasteiger partial charge on any atom is 0.260 e. The summed E-state index contributed by atoms with van der Waals surface area (Å²) < 4.78 is 0. The van der Waals surface area contributed by atoms with E-state index in [1.54, 1.807) is 35.7 Å². The van der Waals surface area contributed by atoms with Crippen LogP contribution in [-0.4, -0.2) is 17.6 Å². The maximum atomic E-state index is 12.0. The summed E-state index contributed by atoms with van der Waals surface area (Å²) in [6.07, 6.45) is 0. The predicted octanol–water partition coefficient (Wildman–Crippen LogP) is 2.30. The maximum absolute atomic E-state index is 12.0. The zero-order valence-corrected chi connectivity index (χ0v) is 11.5. The van der Waals surface area contributed by atoms with Crippen LogP contribution in [-0.2, 0) is 0 Å². The van der Waals surface area contributed by atoms with Crippen LogP contribution in [0, 0.1) is 0 Å². The largest absolute Gasteiger partial charge is 0.365 e. The van der Waals surface area contributed by atoms with Gasteiger partial charge < -0.3 is 11.1 Å². The van der Waals surface area contributed by atoms with Gasteiger partial charge in [0.2, 0.25) is 0 Å². The number of carbonyl (C=O) groups excluding carboxylic acids is 3. The van der Waals surface area contributed by atoms with Crippen LogP contribution in [0.1, 0.15) is 37.3 Å². The molecule has 2 aromatic rings. The van der Waals surface area contributed by atoms with Crippen molar-refractivity contribution < 1.29 is 14.4 Å². The number of carbonyl (C=O) groups is 3. The quantitative estimate of drug-likeness (QED) is 0.846. The highest BCUT2D eigenvalue weighted by Crippen LogP contribution is 2.22. The van der Waals surface area contributed by atoms with Crippen LogP contribution in [0.25, 0.3) is 0 Å². The molecule has 6 heteroatoms. The Kier molecular flexibility index (Phi) is 3.95. The number of hydrogen-bond acceptors (Lipinski definition) is 4. The molecule has 0 fully saturated rings. The van der Waals surface area contributed by atoms with E-state index in [4.69, 9.17) is 5.73 Å². The zero-order valence-electron chi connectivity index (χ0n) is 10.7. The normalized spacial score (nSPS) is 10.1. The van der Waals surface area contributed by atoms with Crippen LogP contribution in [0.15, 0.2) is 35.7 Å². The van der Waals surface area contributed by atoms with Gasteiger partial charge in [0, 0.05) is 11.1 Å². The van der Waals surface area contributed by atoms with Crippen LogP contribution in [0.4, 0.5) is 5.69 Å². The molecule has 102 valence electrons. The fourth-order valence-electron chi connectivity index (χ4n) is 1.65. The molecule has 0 spiro atoms. The Labute approximate surface area is 119 Å². The Morgan fingerprint density at radius 3 is 2.20 bits per heavy atom. The number of primary amides is 1. The van der Waals surface area contributed by atoms with Crippen molar-refractivity contribution in [2.45, 2.75) is 6.92 Å². The summed E-state index contributed by atoms with van der Waals surface area (Å²) in [6, 6.07) is 7.90. The summed E-state index contributed by atoms with van der Waals surface area (Å²) in [7, 11) is 0. The first-order valence-electron chi connectivity index (χ1n) is 5.78. The van der Waals surface area contributed by atoms with E-state index in [9.17, 15) is 14.4 Å². The highest BCUT2D eigenvalue weighted by Gasteiger charge is 2.13. The molecule has 0 aliphatic heterocycles. The molecule has 3 N–H and O–H groups in total. The SMILES string of the molecule is CC(=O)c1ccc(C(=O)Nc2ccsc2C(N)=O)cc1. The first-order chi connectivity index (χ1) is 9.49. The van der Waals surface area contributed by atoms with Gasteiger partial charge in [0.15, 0.2) is 5.78 Å². The van der Waals surface area contributed by atoms with E-state index < -0.39 is 5.91 Å². The molecule has 0 aliphatic rings. The van der Waals surface area contributed by atoms with Crippen molar-refractivity contribution in [3.8, 4) is 0 Å². The van der Waals surface area contributed by atoms with E-state index in [2.05, 4.69) is 5.32 Å². The van der Waals surface area contributed by atoms with Crippen LogP contribution < -0.4 is 11.1 Å². The van der Waals surface area contributed by atoms with Gasteiger partial charge in [-0.25, -0.2) is 0 Å². The van der Waals surface area contributed by atoms with Crippen molar-refractivity contribution in [1.29, 1.82) is 0 Å². The second-order valence-corrected chi connectivity index (χ2v) is 5.03. The monoisotopic (exact) mass is 288 g/mol. The van der Waals surface area contributed by atoms with Gasteiger partial charge >= 0.3 is 0 Å². The first-order valence-corrected chi connectivity index (χ1v) is 6.66. The molecule has 0 aliphatic carbocycles. The minimum Gasteiger partial charge on any atom is -0.365 e. The third-order valence-corrected chi connectivity index (χ3v) is 3.62. The Bertz CT molecular complexity index is 674. The molecular formula is C14H12N2O3S. The molecule has 1 heterocycles. The Morgan fingerprint density at radius 2 is 1.65 bits per heavy atom. The molecule has 0 bridgehead atoms. The first kappa shape index (κ1) is 14.0. The van der Waals surface area contributed by atoms with Gasteiger partial charge in [-0.1, -0.05) is 12.1 Å². The van der Waals surface area contributed by atoms with Crippen molar-refractivity contribution in [3.63, 3.8) is 0 Å². The van der Waals surface area contributed by atoms with Gasteiger partial charge in [0.1, 0.15) is 4.88 Å². The van der Waals surface area contributed by atoms with Crippen LogP contribution in [0.5, 0.6) is 0 Å². The lowest BCUT2D eigenvalue weighted by Crippen LogP contribution is -2.16. The van der Waals surface area contributed by atoms with Crippen molar-refractivity contribution in [1.82, 2.24) is 0 Å². The van der Waals surface area contributed by atoms with Gasteiger partial charge in [-0.05, 0) is 30.5 Å². The van der Waals surface area contributed by atoms with Crippen LogP contribution in [0.3, 0.4) is 0 Å². The summed E-state index contributed by atoms with van der Waals surface area (Å²) in [4.78, 5) is 34.6. The van der Waals surface area contributed by atoms with Crippen molar-refractivity contribution in [3.05, 3.63) is 51.7 Å². The smallest absolute Gasteiger partial charge is 0.260 e. The number of hydrogen-bond donors (Lipinski definition) is 2. The lowest BCUT2D eigenvalue weighted by Gasteiger charge is -2.05. The third kappa shape index (κ3) is 2.92. The zero-order chi connectivity index (χ0) is 14.7. The molecule has 2 amide bonds. The molecule has 2 rings (SSSR count). The lowest BCUT2D eigenvalue weighted by molar-refractivity contribution is 0.0998. The molecular weight excluding hydrogens is 276 g/mol. The Morgan fingerprint density at radius 1 is 1.05 bits per heavy atom. The lowest BCUT2D eigenvalue weighted by atomic mass is 10.1. The molecule has 0 atom stereocenters. The summed E-state index contributed by atoms with van der Waals surface area (Å²) in [5.74, 6) is -1.01. The van der Waals surface area contributed by atoms with Gasteiger partial charge in [0.25, 0.3) is 11.8 Å². The van der Waals surface area contributed by atoms with Crippen molar-refractivity contribution >= 4 is 34.6 Å². The molecule has 1 aromatic carbocycles. The van der Waals surface area contributed by atoms with E-state index in [0.717, 1.165) is 0 Å². The average Bonchev–Trinajstić information content (AvgIpc) is 2.87. The summed E-state index contributed by atoms with van der Waals surface area (Å²) in [5, 5.41) is 4.30. The molecule has 0 saturated carbocycles. The summed E-state index contributed by atoms with van der Waals surface area (Å²) in [6.45, 7) is 1.46. The van der Waals surface area contributed by atoms with E-state index in [1.807, 2.05) is 0 Å². The molecule has 0 unspecified atom stereocenters. The molecule has 5 nitrogen and oxygen atoms in total. The number of thiophene rings is 1. The molecule has 0 radical (unpaired) electrons. The van der Waals surface area contributed by atoms with Gasteiger partial charge in [0.05, 0.1) is 5.69 Å². The minimum absolute atomic E-state index is 0.0641. The van der Waals surface area contributed by atoms with E-state index >= 15 is 0 Å². The number of nitrogens with one attached hydrogen (secondary N) is 1. The fourth-order valence-corrected chi connectivity index (χ4v) is 2.35. The van der Waals surface area contributed by atoms with Crippen molar-refractivity contribution in [2.75, 3.05) is 5.32 Å². The highest BCUT2D eigenvalue weighted by molar-refractivity contribution is 7.12. The third-order valence-electron chi connectivity index (χ3n) is 2.69. The van der Waals surface area contributed by atoms with Crippen LogP contribution >= 0.6 is 11.3 Å². The van der Waals surface area contributed by atoms with Gasteiger partial charge in [-0.15, -0.1) is 11.3 Å². The van der Waals surface area contributed by atoms with Crippen molar-refractivity contribution in [2.24, 2.45) is 5.73 Å². The average molecular weight is 288 g/mol. The van der Waals surface area contributed by atoms with Gasteiger partial charge in [-0.3, -0.25) is 14.4 Å². The number of anilines is 1. The number of Topliss-reactive ketones (excluding diaryl/α,β-unsaturated/α-hetero) is 1. The summed E-state index contributed by atoms with van der Waals surface area (Å²) >= 11 is 1.17. The number of nitrogens with two attached hydrogens (primary N) is 1. The highest BCUT2D eigenvalue weighted by atomic mass is 32.1. The topological polar surface area (TPSA) is 89.3 Å². The van der Waals surface area contributed by atoms with Gasteiger partial charge in [-0.2, -0.15) is 0 Å². The number of ketones is 1. The second kappa shape index (κ2) is 5.66. The van der Waals surface area contributed by atoms with E-state index in [-0.39, 0.29) is 11.7 Å². The second-order valence-electron chi connectivity index (χ2n) is 4.12. The summed E-state index contributed by atoms with van der Waals surface area (Å²) in [5.41, 5.74) is 6.54. The number of rotatable bonds is 4. The van der Waals surface area contributed by atoms with E-state index in [1.165, 1.54) is 18.3 Å². The Hall–Kier alpha value is -2.47. The standard InChI is InChI=1S/C14H12N2O3S/c1-8(17)9-2-4-10(5-3-9)14(19)16-11-6-7-20-12(11)13(15)18/h2-7H,1H3,(H2,15,18)(H,16,19). The Balaban J connectivity index is 2.17. The number of amides is 2.